The number of ether oxygens (including phenoxy) is 1. The van der Waals surface area contributed by atoms with Crippen LogP contribution in [0, 0.1) is 0 Å². The Bertz CT molecular complexity index is 468. The fourth-order valence-electron chi connectivity index (χ4n) is 2.97. The first-order chi connectivity index (χ1) is 9.95. The van der Waals surface area contributed by atoms with Crippen LogP contribution in [0.15, 0.2) is 18.2 Å². The van der Waals surface area contributed by atoms with Crippen LogP contribution in [0.5, 0.6) is 5.75 Å². The molecule has 0 amide bonds. The van der Waals surface area contributed by atoms with E-state index in [-0.39, 0.29) is 5.54 Å². The zero-order valence-corrected chi connectivity index (χ0v) is 14.2. The monoisotopic (exact) mass is 290 g/mol. The minimum atomic E-state index is 0.149. The lowest BCUT2D eigenvalue weighted by Crippen LogP contribution is -2.55. The van der Waals surface area contributed by atoms with Gasteiger partial charge >= 0.3 is 0 Å². The predicted octanol–water partition coefficient (Wildman–Crippen LogP) is 2.87. The summed E-state index contributed by atoms with van der Waals surface area (Å²) in [5.74, 6) is 1.08. The van der Waals surface area contributed by atoms with Crippen LogP contribution in [0.3, 0.4) is 0 Å². The fourth-order valence-corrected chi connectivity index (χ4v) is 2.97. The lowest BCUT2D eigenvalue weighted by Gasteiger charge is -2.40. The molecule has 2 rings (SSSR count). The van der Waals surface area contributed by atoms with Gasteiger partial charge in [-0.3, -0.25) is 0 Å². The lowest BCUT2D eigenvalue weighted by molar-refractivity contribution is 0.133. The van der Waals surface area contributed by atoms with Crippen LogP contribution in [0.4, 0.5) is 0 Å². The van der Waals surface area contributed by atoms with Gasteiger partial charge in [0.25, 0.3) is 0 Å². The Morgan fingerprint density at radius 1 is 1.33 bits per heavy atom. The summed E-state index contributed by atoms with van der Waals surface area (Å²) in [5.41, 5.74) is 2.95. The molecule has 1 heterocycles. The molecule has 0 bridgehead atoms. The molecule has 1 unspecified atom stereocenters. The number of fused-ring (bicyclic) bond motifs is 1. The van der Waals surface area contributed by atoms with Crippen molar-refractivity contribution in [2.45, 2.75) is 51.6 Å². The molecule has 3 heteroatoms. The minimum Gasteiger partial charge on any atom is -0.493 e. The second kappa shape index (κ2) is 6.80. The Hall–Kier alpha value is -1.06. The summed E-state index contributed by atoms with van der Waals surface area (Å²) in [6, 6.07) is 7.17. The number of aryl methyl sites for hydroxylation is 1. The average molecular weight is 290 g/mol. The predicted molar refractivity (Wildman–Crippen MR) is 89.2 cm³/mol. The summed E-state index contributed by atoms with van der Waals surface area (Å²) >= 11 is 0. The van der Waals surface area contributed by atoms with Gasteiger partial charge < -0.3 is 15.0 Å². The molecule has 1 aromatic carbocycles. The standard InChI is InChI=1S/C18H30N2O/c1-6-19-17(18(2,3)20(4)5)10-8-14-7-9-16-15(13-14)11-12-21-16/h7,9,13,17,19H,6,8,10-12H2,1-5H3. The van der Waals surface area contributed by atoms with Gasteiger partial charge in [-0.1, -0.05) is 19.1 Å². The van der Waals surface area contributed by atoms with E-state index in [1.807, 2.05) is 0 Å². The zero-order valence-electron chi connectivity index (χ0n) is 14.2. The topological polar surface area (TPSA) is 24.5 Å². The number of benzene rings is 1. The molecule has 1 aliphatic rings. The molecule has 1 aromatic rings. The zero-order chi connectivity index (χ0) is 15.5. The van der Waals surface area contributed by atoms with Crippen LogP contribution in [-0.4, -0.2) is 43.7 Å². The van der Waals surface area contributed by atoms with Crippen molar-refractivity contribution in [3.63, 3.8) is 0 Å². The van der Waals surface area contributed by atoms with Crippen molar-refractivity contribution >= 4 is 0 Å². The maximum Gasteiger partial charge on any atom is 0.122 e. The molecule has 1 atom stereocenters. The minimum absolute atomic E-state index is 0.149. The third kappa shape index (κ3) is 3.78. The summed E-state index contributed by atoms with van der Waals surface area (Å²) in [6.45, 7) is 8.67. The maximum atomic E-state index is 5.58. The Morgan fingerprint density at radius 2 is 2.10 bits per heavy atom. The number of hydrogen-bond donors (Lipinski definition) is 1. The lowest BCUT2D eigenvalue weighted by atomic mass is 9.88. The third-order valence-corrected chi connectivity index (χ3v) is 4.93. The van der Waals surface area contributed by atoms with Crippen molar-refractivity contribution in [3.05, 3.63) is 29.3 Å². The first kappa shape index (κ1) is 16.3. The van der Waals surface area contributed by atoms with Crippen molar-refractivity contribution in [2.24, 2.45) is 0 Å². The SMILES string of the molecule is CCNC(CCc1ccc2c(c1)CCO2)C(C)(C)N(C)C. The van der Waals surface area contributed by atoms with Gasteiger partial charge in [-0.05, 0) is 64.5 Å². The Labute approximate surface area is 129 Å². The molecule has 0 fully saturated rings. The van der Waals surface area contributed by atoms with Gasteiger partial charge in [0, 0.05) is 18.0 Å². The van der Waals surface area contributed by atoms with E-state index in [2.05, 4.69) is 63.3 Å². The van der Waals surface area contributed by atoms with Gasteiger partial charge in [-0.2, -0.15) is 0 Å². The highest BCUT2D eigenvalue weighted by Crippen LogP contribution is 2.27. The van der Waals surface area contributed by atoms with Gasteiger partial charge in [0.05, 0.1) is 6.61 Å². The molecule has 1 N–H and O–H groups in total. The number of rotatable bonds is 7. The summed E-state index contributed by atoms with van der Waals surface area (Å²) in [7, 11) is 4.33. The Morgan fingerprint density at radius 3 is 2.76 bits per heavy atom. The largest absolute Gasteiger partial charge is 0.493 e. The van der Waals surface area contributed by atoms with E-state index in [0.717, 1.165) is 38.2 Å². The van der Waals surface area contributed by atoms with E-state index in [4.69, 9.17) is 4.74 Å². The molecular formula is C18H30N2O. The molecule has 1 aliphatic heterocycles. The summed E-state index contributed by atoms with van der Waals surface area (Å²) in [5, 5.41) is 3.66. The first-order valence-corrected chi connectivity index (χ1v) is 8.10. The molecule has 0 saturated heterocycles. The van der Waals surface area contributed by atoms with Crippen molar-refractivity contribution in [1.29, 1.82) is 0 Å². The van der Waals surface area contributed by atoms with Crippen molar-refractivity contribution in [1.82, 2.24) is 10.2 Å². The smallest absolute Gasteiger partial charge is 0.122 e. The van der Waals surface area contributed by atoms with Crippen LogP contribution < -0.4 is 10.1 Å². The number of hydrogen-bond acceptors (Lipinski definition) is 3. The van der Waals surface area contributed by atoms with Gasteiger partial charge in [-0.25, -0.2) is 0 Å². The molecule has 0 aliphatic carbocycles. The van der Waals surface area contributed by atoms with Crippen LogP contribution in [0.2, 0.25) is 0 Å². The number of nitrogens with zero attached hydrogens (tertiary/aromatic N) is 1. The second-order valence-corrected chi connectivity index (χ2v) is 6.74. The molecule has 118 valence electrons. The summed E-state index contributed by atoms with van der Waals surface area (Å²) in [6.07, 6.45) is 3.32. The average Bonchev–Trinajstić information content (AvgIpc) is 2.90. The summed E-state index contributed by atoms with van der Waals surface area (Å²) < 4.78 is 5.58. The van der Waals surface area contributed by atoms with E-state index in [1.165, 1.54) is 11.1 Å². The molecule has 0 aromatic heterocycles. The summed E-state index contributed by atoms with van der Waals surface area (Å²) in [4.78, 5) is 2.32. The molecule has 0 radical (unpaired) electrons. The Kier molecular flexibility index (Phi) is 5.28. The highest BCUT2D eigenvalue weighted by atomic mass is 16.5. The van der Waals surface area contributed by atoms with Crippen LogP contribution in [-0.2, 0) is 12.8 Å². The molecular weight excluding hydrogens is 260 g/mol. The highest BCUT2D eigenvalue weighted by molar-refractivity contribution is 5.39. The Balaban J connectivity index is 2.01. The van der Waals surface area contributed by atoms with Crippen LogP contribution in [0.25, 0.3) is 0 Å². The number of likely N-dealkylation sites (N-methyl/N-ethyl adjacent to an activating group) is 2. The fraction of sp³-hybridized carbons (Fsp3) is 0.667. The molecule has 0 spiro atoms. The van der Waals surface area contributed by atoms with E-state index in [9.17, 15) is 0 Å². The normalized spacial score (nSPS) is 15.9. The third-order valence-electron chi connectivity index (χ3n) is 4.93. The van der Waals surface area contributed by atoms with Crippen molar-refractivity contribution in [2.75, 3.05) is 27.2 Å². The van der Waals surface area contributed by atoms with Crippen molar-refractivity contribution < 1.29 is 4.74 Å². The highest BCUT2D eigenvalue weighted by Gasteiger charge is 2.30. The maximum absolute atomic E-state index is 5.58. The second-order valence-electron chi connectivity index (χ2n) is 6.74. The van der Waals surface area contributed by atoms with E-state index < -0.39 is 0 Å². The van der Waals surface area contributed by atoms with Crippen LogP contribution >= 0.6 is 0 Å². The van der Waals surface area contributed by atoms with Crippen LogP contribution in [0.1, 0.15) is 38.3 Å². The van der Waals surface area contributed by atoms with Gasteiger partial charge in [-0.15, -0.1) is 0 Å². The van der Waals surface area contributed by atoms with Gasteiger partial charge in [0.15, 0.2) is 0 Å². The molecule has 3 nitrogen and oxygen atoms in total. The van der Waals surface area contributed by atoms with E-state index >= 15 is 0 Å². The molecule has 21 heavy (non-hydrogen) atoms. The van der Waals surface area contributed by atoms with E-state index in [0.29, 0.717) is 6.04 Å². The van der Waals surface area contributed by atoms with E-state index in [1.54, 1.807) is 0 Å². The first-order valence-electron chi connectivity index (χ1n) is 8.10. The van der Waals surface area contributed by atoms with Crippen molar-refractivity contribution in [3.8, 4) is 5.75 Å². The number of nitrogens with one attached hydrogen (secondary N) is 1. The van der Waals surface area contributed by atoms with Gasteiger partial charge in [0.1, 0.15) is 5.75 Å². The quantitative estimate of drug-likeness (QED) is 0.835. The molecule has 0 saturated carbocycles. The van der Waals surface area contributed by atoms with Gasteiger partial charge in [0.2, 0.25) is 0 Å².